The molecule has 0 aliphatic carbocycles. The molecule has 10 nitrogen and oxygen atoms in total. The van der Waals surface area contributed by atoms with E-state index in [0.29, 0.717) is 0 Å². The van der Waals surface area contributed by atoms with Crippen molar-refractivity contribution in [2.75, 3.05) is 0 Å². The molecule has 2 unspecified atom stereocenters. The minimum Gasteiger partial charge on any atom is -0.293 e. The molecule has 28 heavy (non-hydrogen) atoms. The lowest BCUT2D eigenvalue weighted by molar-refractivity contribution is 0.126. The fraction of sp³-hybridized carbons (Fsp3) is 1.00. The first kappa shape index (κ1) is 28.1. The molecule has 0 aromatic heterocycles. The quantitative estimate of drug-likeness (QED) is 0.218. The molecule has 2 atom stereocenters. The standard InChI is InChI=1S/C16H40N4O6P2/c1-11(2)23-27(21,24-12(3)4)19-17-15(9)16(10)18-20-28(22,25-13(5)6)26-14(7)8/h11-18H,1-10H3,(H,19,21)(H,20,22). The Morgan fingerprint density at radius 2 is 0.714 bits per heavy atom. The molecule has 0 aromatic rings. The number of hydrazine groups is 2. The van der Waals surface area contributed by atoms with E-state index in [4.69, 9.17) is 18.1 Å². The van der Waals surface area contributed by atoms with Crippen LogP contribution in [0.15, 0.2) is 0 Å². The smallest absolute Gasteiger partial charge is 0.293 e. The van der Waals surface area contributed by atoms with Crippen molar-refractivity contribution in [2.24, 2.45) is 0 Å². The summed E-state index contributed by atoms with van der Waals surface area (Å²) in [4.78, 5) is 0. The number of hydrogen-bond donors (Lipinski definition) is 4. The summed E-state index contributed by atoms with van der Waals surface area (Å²) in [5, 5.41) is 5.33. The summed E-state index contributed by atoms with van der Waals surface area (Å²) < 4.78 is 47.2. The SMILES string of the molecule is CC(C)OP(=O)(NNC(C)C(C)NNP(=O)(OC(C)C)OC(C)C)OC(C)C. The second kappa shape index (κ2) is 12.7. The molecular weight excluding hydrogens is 406 g/mol. The molecule has 4 N–H and O–H groups in total. The highest BCUT2D eigenvalue weighted by molar-refractivity contribution is 7.51. The van der Waals surface area contributed by atoms with Gasteiger partial charge in [0.05, 0.1) is 24.4 Å². The largest absolute Gasteiger partial charge is 0.419 e. The third kappa shape index (κ3) is 12.6. The Hall–Kier alpha value is 0.140. The van der Waals surface area contributed by atoms with Gasteiger partial charge in [0.15, 0.2) is 0 Å². The Balaban J connectivity index is 4.80. The third-order valence-corrected chi connectivity index (χ3v) is 6.61. The van der Waals surface area contributed by atoms with Crippen LogP contribution in [0.4, 0.5) is 0 Å². The topological polar surface area (TPSA) is 119 Å². The highest BCUT2D eigenvalue weighted by Gasteiger charge is 2.31. The molecule has 0 aliphatic heterocycles. The third-order valence-electron chi connectivity index (χ3n) is 3.01. The second-order valence-electron chi connectivity index (χ2n) is 7.70. The molecule has 0 spiro atoms. The Kier molecular flexibility index (Phi) is 12.8. The van der Waals surface area contributed by atoms with Crippen LogP contribution in [0, 0.1) is 0 Å². The van der Waals surface area contributed by atoms with Gasteiger partial charge in [-0.05, 0) is 69.2 Å². The van der Waals surface area contributed by atoms with E-state index in [1.165, 1.54) is 0 Å². The lowest BCUT2D eigenvalue weighted by Crippen LogP contribution is -2.52. The van der Waals surface area contributed by atoms with Gasteiger partial charge in [0.2, 0.25) is 0 Å². The maximum absolute atomic E-state index is 12.8. The van der Waals surface area contributed by atoms with Gasteiger partial charge in [-0.1, -0.05) is 0 Å². The molecule has 0 aromatic carbocycles. The second-order valence-corrected chi connectivity index (χ2v) is 11.0. The lowest BCUT2D eigenvalue weighted by Gasteiger charge is -2.29. The molecule has 0 bridgehead atoms. The van der Waals surface area contributed by atoms with E-state index >= 15 is 0 Å². The minimum atomic E-state index is -3.53. The van der Waals surface area contributed by atoms with E-state index in [1.54, 1.807) is 55.4 Å². The van der Waals surface area contributed by atoms with Crippen LogP contribution in [-0.4, -0.2) is 36.5 Å². The first-order chi connectivity index (χ1) is 12.7. The molecule has 0 amide bonds. The van der Waals surface area contributed by atoms with E-state index in [9.17, 15) is 9.13 Å². The number of hydrogen-bond acceptors (Lipinski definition) is 8. The normalized spacial score (nSPS) is 15.8. The van der Waals surface area contributed by atoms with Gasteiger partial charge in [-0.3, -0.25) is 18.1 Å². The Morgan fingerprint density at radius 3 is 0.893 bits per heavy atom. The van der Waals surface area contributed by atoms with Crippen LogP contribution in [0.3, 0.4) is 0 Å². The van der Waals surface area contributed by atoms with Gasteiger partial charge in [0.1, 0.15) is 0 Å². The van der Waals surface area contributed by atoms with E-state index in [1.807, 2.05) is 13.8 Å². The van der Waals surface area contributed by atoms with Crippen LogP contribution in [0.1, 0.15) is 69.2 Å². The van der Waals surface area contributed by atoms with Gasteiger partial charge in [-0.2, -0.15) is 10.4 Å². The molecule has 0 saturated heterocycles. The minimum absolute atomic E-state index is 0.251. The van der Waals surface area contributed by atoms with Crippen LogP contribution >= 0.6 is 15.5 Å². The summed E-state index contributed by atoms with van der Waals surface area (Å²) in [5.74, 6) is 0. The average molecular weight is 446 g/mol. The lowest BCUT2D eigenvalue weighted by atomic mass is 10.2. The zero-order valence-electron chi connectivity index (χ0n) is 18.8. The Morgan fingerprint density at radius 1 is 0.500 bits per heavy atom. The molecule has 0 heterocycles. The summed E-state index contributed by atoms with van der Waals surface area (Å²) in [5.41, 5.74) is 5.83. The summed E-state index contributed by atoms with van der Waals surface area (Å²) in [6.07, 6.45) is -1.12. The summed E-state index contributed by atoms with van der Waals surface area (Å²) in [6.45, 7) is 17.9. The fourth-order valence-electron chi connectivity index (χ4n) is 1.88. The van der Waals surface area contributed by atoms with Gasteiger partial charge in [-0.15, -0.1) is 0 Å². The molecule has 170 valence electrons. The summed E-state index contributed by atoms with van der Waals surface area (Å²) in [7, 11) is -7.06. The van der Waals surface area contributed by atoms with Gasteiger partial charge < -0.3 is 0 Å². The van der Waals surface area contributed by atoms with Crippen molar-refractivity contribution in [2.45, 2.75) is 106 Å². The van der Waals surface area contributed by atoms with Crippen LogP contribution in [0.2, 0.25) is 0 Å². The van der Waals surface area contributed by atoms with Crippen molar-refractivity contribution < 1.29 is 27.2 Å². The molecule has 0 rings (SSSR count). The van der Waals surface area contributed by atoms with E-state index < -0.39 is 15.5 Å². The van der Waals surface area contributed by atoms with Crippen molar-refractivity contribution in [3.63, 3.8) is 0 Å². The van der Waals surface area contributed by atoms with Gasteiger partial charge in [-0.25, -0.2) is 20.0 Å². The maximum atomic E-state index is 12.8. The van der Waals surface area contributed by atoms with E-state index in [-0.39, 0.29) is 36.5 Å². The number of rotatable bonds is 15. The highest BCUT2D eigenvalue weighted by Crippen LogP contribution is 2.46. The Bertz CT molecular complexity index is 459. The molecule has 0 radical (unpaired) electrons. The summed E-state index contributed by atoms with van der Waals surface area (Å²) in [6, 6.07) is -0.502. The Labute approximate surface area is 170 Å². The molecular formula is C16H40N4O6P2. The predicted molar refractivity (Wildman–Crippen MR) is 112 cm³/mol. The van der Waals surface area contributed by atoms with Crippen molar-refractivity contribution >= 4 is 15.5 Å². The first-order valence-electron chi connectivity index (χ1n) is 9.67. The first-order valence-corrected chi connectivity index (χ1v) is 12.8. The van der Waals surface area contributed by atoms with Crippen molar-refractivity contribution in [3.05, 3.63) is 0 Å². The monoisotopic (exact) mass is 446 g/mol. The van der Waals surface area contributed by atoms with Gasteiger partial charge in [0, 0.05) is 12.1 Å². The van der Waals surface area contributed by atoms with Crippen LogP contribution in [0.25, 0.3) is 0 Å². The molecule has 0 fully saturated rings. The number of nitrogens with one attached hydrogen (secondary N) is 4. The van der Waals surface area contributed by atoms with Gasteiger partial charge >= 0.3 is 15.5 Å². The zero-order valence-corrected chi connectivity index (χ0v) is 20.6. The fourth-order valence-corrected chi connectivity index (χ4v) is 5.13. The van der Waals surface area contributed by atoms with Crippen LogP contribution < -0.4 is 21.2 Å². The molecule has 0 saturated carbocycles. The molecule has 12 heteroatoms. The summed E-state index contributed by atoms with van der Waals surface area (Å²) >= 11 is 0. The van der Waals surface area contributed by atoms with E-state index in [2.05, 4.69) is 21.2 Å². The van der Waals surface area contributed by atoms with Gasteiger partial charge in [0.25, 0.3) is 0 Å². The zero-order chi connectivity index (χ0) is 22.1. The van der Waals surface area contributed by atoms with Crippen molar-refractivity contribution in [1.82, 2.24) is 21.2 Å². The predicted octanol–water partition coefficient (Wildman–Crippen LogP) is 3.87. The van der Waals surface area contributed by atoms with Crippen molar-refractivity contribution in [1.29, 1.82) is 0 Å². The highest BCUT2D eigenvalue weighted by atomic mass is 31.2. The van der Waals surface area contributed by atoms with Crippen molar-refractivity contribution in [3.8, 4) is 0 Å². The maximum Gasteiger partial charge on any atom is 0.419 e. The van der Waals surface area contributed by atoms with Crippen LogP contribution in [-0.2, 0) is 27.2 Å². The average Bonchev–Trinajstić information content (AvgIpc) is 2.47. The van der Waals surface area contributed by atoms with E-state index in [0.717, 1.165) is 0 Å². The molecule has 0 aliphatic rings. The van der Waals surface area contributed by atoms with Crippen LogP contribution in [0.5, 0.6) is 0 Å².